The van der Waals surface area contributed by atoms with Crippen LogP contribution >= 0.6 is 0 Å². The maximum atomic E-state index is 10.7. The third-order valence-corrected chi connectivity index (χ3v) is 2.11. The number of aliphatic carboxylic acids is 2. The molecule has 0 atom stereocenters. The zero-order valence-corrected chi connectivity index (χ0v) is 8.00. The summed E-state index contributed by atoms with van der Waals surface area (Å²) in [6, 6.07) is 0. The molecule has 0 unspecified atom stereocenters. The highest BCUT2D eigenvalue weighted by molar-refractivity contribution is 5.95. The smallest absolute Gasteiger partial charge is 0.332 e. The molecule has 0 aromatic rings. The van der Waals surface area contributed by atoms with Gasteiger partial charge in [-0.3, -0.25) is 0 Å². The van der Waals surface area contributed by atoms with Gasteiger partial charge in [-0.25, -0.2) is 9.59 Å². The van der Waals surface area contributed by atoms with Crippen molar-refractivity contribution in [2.45, 2.75) is 27.2 Å². The third-order valence-electron chi connectivity index (χ3n) is 2.11. The molecule has 0 aliphatic carbocycles. The first-order valence-electron chi connectivity index (χ1n) is 3.99. The maximum absolute atomic E-state index is 10.7. The van der Waals surface area contributed by atoms with Gasteiger partial charge < -0.3 is 10.2 Å². The van der Waals surface area contributed by atoms with Gasteiger partial charge in [0.25, 0.3) is 0 Å². The number of carbonyl (C=O) groups is 2. The van der Waals surface area contributed by atoms with Crippen molar-refractivity contribution in [1.82, 2.24) is 0 Å². The van der Waals surface area contributed by atoms with E-state index < -0.39 is 17.4 Å². The Balaban J connectivity index is 5.04. The summed E-state index contributed by atoms with van der Waals surface area (Å²) < 4.78 is 0. The summed E-state index contributed by atoms with van der Waals surface area (Å²) >= 11 is 0. The molecule has 0 aliphatic heterocycles. The summed E-state index contributed by atoms with van der Waals surface area (Å²) in [4.78, 5) is 21.0. The minimum Gasteiger partial charge on any atom is -0.478 e. The Kier molecular flexibility index (Phi) is 3.66. The summed E-state index contributed by atoms with van der Waals surface area (Å²) in [5.74, 6) is -2.40. The highest BCUT2D eigenvalue weighted by Gasteiger charge is 2.27. The molecule has 13 heavy (non-hydrogen) atoms. The molecule has 74 valence electrons. The van der Waals surface area contributed by atoms with E-state index in [1.165, 1.54) is 0 Å². The first-order chi connectivity index (χ1) is 5.81. The highest BCUT2D eigenvalue weighted by atomic mass is 16.4. The van der Waals surface area contributed by atoms with Crippen molar-refractivity contribution in [1.29, 1.82) is 0 Å². The topological polar surface area (TPSA) is 74.6 Å². The number of rotatable bonds is 4. The lowest BCUT2D eigenvalue weighted by molar-refractivity contribution is -0.136. The van der Waals surface area contributed by atoms with Crippen LogP contribution in [0.5, 0.6) is 0 Å². The third kappa shape index (κ3) is 3.27. The van der Waals surface area contributed by atoms with Crippen LogP contribution in [0.3, 0.4) is 0 Å². The fourth-order valence-electron chi connectivity index (χ4n) is 0.861. The average molecular weight is 186 g/mol. The molecular weight excluding hydrogens is 172 g/mol. The van der Waals surface area contributed by atoms with E-state index in [2.05, 4.69) is 0 Å². The highest BCUT2D eigenvalue weighted by Crippen LogP contribution is 2.29. The van der Waals surface area contributed by atoms with Gasteiger partial charge >= 0.3 is 11.9 Å². The van der Waals surface area contributed by atoms with Crippen molar-refractivity contribution in [3.05, 3.63) is 11.6 Å². The van der Waals surface area contributed by atoms with Crippen LogP contribution in [0.15, 0.2) is 11.6 Å². The van der Waals surface area contributed by atoms with Crippen LogP contribution in [0.4, 0.5) is 0 Å². The molecule has 0 aromatic heterocycles. The normalized spacial score (nSPS) is 12.7. The van der Waals surface area contributed by atoms with Gasteiger partial charge in [-0.05, 0) is 11.8 Å². The molecule has 0 saturated carbocycles. The fraction of sp³-hybridized carbons (Fsp3) is 0.556. The average Bonchev–Trinajstić information content (AvgIpc) is 1.99. The first-order valence-corrected chi connectivity index (χ1v) is 3.99. The van der Waals surface area contributed by atoms with Crippen LogP contribution in [0.25, 0.3) is 0 Å². The summed E-state index contributed by atoms with van der Waals surface area (Å²) in [6.45, 7) is 5.23. The summed E-state index contributed by atoms with van der Waals surface area (Å²) in [5.41, 5.74) is -0.674. The molecule has 0 aliphatic rings. The van der Waals surface area contributed by atoms with Gasteiger partial charge in [-0.1, -0.05) is 20.8 Å². The van der Waals surface area contributed by atoms with E-state index in [0.29, 0.717) is 6.42 Å². The lowest BCUT2D eigenvalue weighted by atomic mass is 9.81. The van der Waals surface area contributed by atoms with Crippen molar-refractivity contribution >= 4 is 11.9 Å². The monoisotopic (exact) mass is 186 g/mol. The van der Waals surface area contributed by atoms with Gasteiger partial charge in [0.1, 0.15) is 0 Å². The lowest BCUT2D eigenvalue weighted by Crippen LogP contribution is -2.21. The summed E-state index contributed by atoms with van der Waals surface area (Å²) in [7, 11) is 0. The van der Waals surface area contributed by atoms with Crippen molar-refractivity contribution in [2.75, 3.05) is 0 Å². The standard InChI is InChI=1S/C9H14O4/c1-4-9(2,3)6(8(12)13)5-7(10)11/h5H,4H2,1-3H3,(H,10,11)(H,12,13). The van der Waals surface area contributed by atoms with Crippen molar-refractivity contribution in [2.24, 2.45) is 5.41 Å². The Bertz CT molecular complexity index is 250. The van der Waals surface area contributed by atoms with Crippen LogP contribution in [0.1, 0.15) is 27.2 Å². The van der Waals surface area contributed by atoms with Crippen LogP contribution in [-0.4, -0.2) is 22.2 Å². The number of hydrogen-bond donors (Lipinski definition) is 2. The molecule has 0 heterocycles. The minimum absolute atomic E-state index is 0.0671. The van der Waals surface area contributed by atoms with Gasteiger partial charge in [0.2, 0.25) is 0 Å². The zero-order chi connectivity index (χ0) is 10.6. The molecule has 0 amide bonds. The quantitative estimate of drug-likeness (QED) is 0.653. The van der Waals surface area contributed by atoms with Crippen molar-refractivity contribution in [3.8, 4) is 0 Å². The molecule has 0 rings (SSSR count). The molecule has 4 nitrogen and oxygen atoms in total. The Morgan fingerprint density at radius 2 is 1.77 bits per heavy atom. The Hall–Kier alpha value is -1.32. The minimum atomic E-state index is -1.22. The summed E-state index contributed by atoms with van der Waals surface area (Å²) in [5, 5.41) is 17.2. The predicted molar refractivity (Wildman–Crippen MR) is 47.4 cm³/mol. The van der Waals surface area contributed by atoms with Crippen LogP contribution in [-0.2, 0) is 9.59 Å². The molecule has 4 heteroatoms. The summed E-state index contributed by atoms with van der Waals surface area (Å²) in [6.07, 6.45) is 1.34. The van der Waals surface area contributed by atoms with Gasteiger partial charge in [-0.15, -0.1) is 0 Å². The van der Waals surface area contributed by atoms with E-state index in [4.69, 9.17) is 10.2 Å². The van der Waals surface area contributed by atoms with E-state index in [9.17, 15) is 9.59 Å². The van der Waals surface area contributed by atoms with Crippen LogP contribution in [0, 0.1) is 5.41 Å². The van der Waals surface area contributed by atoms with Gasteiger partial charge in [-0.2, -0.15) is 0 Å². The maximum Gasteiger partial charge on any atom is 0.332 e. The van der Waals surface area contributed by atoms with Gasteiger partial charge in [0.15, 0.2) is 0 Å². The van der Waals surface area contributed by atoms with E-state index >= 15 is 0 Å². The SMILES string of the molecule is CCC(C)(C)C(=CC(=O)O)C(=O)O. The molecule has 0 saturated heterocycles. The molecule has 0 aromatic carbocycles. The second kappa shape index (κ2) is 4.07. The second-order valence-corrected chi connectivity index (χ2v) is 3.44. The second-order valence-electron chi connectivity index (χ2n) is 3.44. The zero-order valence-electron chi connectivity index (χ0n) is 8.00. The van der Waals surface area contributed by atoms with Gasteiger partial charge in [0, 0.05) is 11.6 Å². The van der Waals surface area contributed by atoms with Crippen molar-refractivity contribution < 1.29 is 19.8 Å². The van der Waals surface area contributed by atoms with E-state index in [-0.39, 0.29) is 5.57 Å². The van der Waals surface area contributed by atoms with Crippen LogP contribution in [0.2, 0.25) is 0 Å². The first kappa shape index (κ1) is 11.7. The van der Waals surface area contributed by atoms with Crippen LogP contribution < -0.4 is 0 Å². The Labute approximate surface area is 76.9 Å². The van der Waals surface area contributed by atoms with Gasteiger partial charge in [0.05, 0.1) is 0 Å². The predicted octanol–water partition coefficient (Wildman–Crippen LogP) is 1.52. The Morgan fingerprint density at radius 3 is 2.00 bits per heavy atom. The van der Waals surface area contributed by atoms with E-state index in [0.717, 1.165) is 6.08 Å². The molecule has 0 bridgehead atoms. The largest absolute Gasteiger partial charge is 0.478 e. The number of carboxylic acids is 2. The van der Waals surface area contributed by atoms with E-state index in [1.807, 2.05) is 6.92 Å². The molecule has 2 N–H and O–H groups in total. The molecule has 0 fully saturated rings. The molecule has 0 radical (unpaired) electrons. The van der Waals surface area contributed by atoms with E-state index in [1.54, 1.807) is 13.8 Å². The molecular formula is C9H14O4. The molecule has 0 spiro atoms. The number of hydrogen-bond acceptors (Lipinski definition) is 2. The number of carboxylic acid groups (broad SMARTS) is 2. The lowest BCUT2D eigenvalue weighted by Gasteiger charge is -2.22. The Morgan fingerprint density at radius 1 is 1.31 bits per heavy atom. The van der Waals surface area contributed by atoms with Crippen molar-refractivity contribution in [3.63, 3.8) is 0 Å². The fourth-order valence-corrected chi connectivity index (χ4v) is 0.861.